The number of rotatable bonds is 17. The van der Waals surface area contributed by atoms with Gasteiger partial charge in [-0.1, -0.05) is 31.5 Å². The number of carboxylic acids is 1. The van der Waals surface area contributed by atoms with Gasteiger partial charge in [0.1, 0.15) is 23.4 Å². The van der Waals surface area contributed by atoms with Crippen LogP contribution in [0.25, 0.3) is 0 Å². The van der Waals surface area contributed by atoms with Gasteiger partial charge in [-0.2, -0.15) is 0 Å². The summed E-state index contributed by atoms with van der Waals surface area (Å²) in [5, 5.41) is 14.4. The van der Waals surface area contributed by atoms with Crippen molar-refractivity contribution in [2.75, 3.05) is 19.5 Å². The zero-order chi connectivity index (χ0) is 33.7. The van der Waals surface area contributed by atoms with Crippen LogP contribution in [0.15, 0.2) is 48.2 Å². The number of esters is 1. The highest BCUT2D eigenvalue weighted by Crippen LogP contribution is 2.27. The van der Waals surface area contributed by atoms with E-state index in [2.05, 4.69) is 15.4 Å². The molecule has 2 amide bonds. The molecule has 1 atom stereocenters. The monoisotopic (exact) mass is 666 g/mol. The summed E-state index contributed by atoms with van der Waals surface area (Å²) in [6, 6.07) is 7.73. The molecule has 0 aliphatic heterocycles. The summed E-state index contributed by atoms with van der Waals surface area (Å²) in [6.07, 6.45) is 0.104. The van der Waals surface area contributed by atoms with Gasteiger partial charge >= 0.3 is 11.9 Å². The molecule has 0 unspecified atom stereocenters. The van der Waals surface area contributed by atoms with Crippen molar-refractivity contribution >= 4 is 52.9 Å². The smallest absolute Gasteiger partial charge is 0.343 e. The fourth-order valence-electron chi connectivity index (χ4n) is 3.80. The predicted molar refractivity (Wildman–Crippen MR) is 167 cm³/mol. The standard InChI is InChI=1S/C31H36ClFN2O9S/c1-17(2)30(35-27(37)12-19-11-20(43-14-29(40)42-5)9-10-26(19)44-18(3)4)31(41)34-24(13-28(38)39)25(36)16-45-15-21-22(32)7-6-8-23(21)33/h6-11,13,17-18,30H,12,14-16H2,1-5H3,(H,34,41)(H,35,37)(H,38,39)/t30-/m0/s1. The highest BCUT2D eigenvalue weighted by Gasteiger charge is 2.27. The SMILES string of the molecule is COC(=O)COc1ccc(OC(C)C)c(CC(=O)N[C@H](C(=O)NC(=CC(=O)O)C(=O)CSCc2c(F)cccc2Cl)C(C)C)c1. The number of amides is 2. The van der Waals surface area contributed by atoms with Gasteiger partial charge in [0.2, 0.25) is 11.8 Å². The number of benzene rings is 2. The number of halogens is 2. The highest BCUT2D eigenvalue weighted by molar-refractivity contribution is 7.99. The molecule has 0 bridgehead atoms. The lowest BCUT2D eigenvalue weighted by atomic mass is 10.0. The number of hydrogen-bond donors (Lipinski definition) is 3. The lowest BCUT2D eigenvalue weighted by Crippen LogP contribution is -2.50. The third kappa shape index (κ3) is 12.4. The van der Waals surface area contributed by atoms with Gasteiger partial charge in [-0.05, 0) is 50.1 Å². The number of carbonyl (C=O) groups is 5. The minimum atomic E-state index is -1.47. The van der Waals surface area contributed by atoms with Crippen LogP contribution in [0.2, 0.25) is 5.02 Å². The Bertz CT molecular complexity index is 1410. The van der Waals surface area contributed by atoms with E-state index in [4.69, 9.17) is 21.1 Å². The number of methoxy groups -OCH3 is 1. The molecule has 0 spiro atoms. The summed E-state index contributed by atoms with van der Waals surface area (Å²) in [6.45, 7) is 6.59. The number of ketones is 1. The number of nitrogens with one attached hydrogen (secondary N) is 2. The lowest BCUT2D eigenvalue weighted by Gasteiger charge is -2.23. The average Bonchev–Trinajstić information content (AvgIpc) is 2.96. The molecule has 0 aliphatic carbocycles. The fourth-order valence-corrected chi connectivity index (χ4v) is 5.05. The Labute approximate surface area is 269 Å². The van der Waals surface area contributed by atoms with Crippen LogP contribution < -0.4 is 20.1 Å². The van der Waals surface area contributed by atoms with Crippen molar-refractivity contribution in [1.82, 2.24) is 10.6 Å². The molecule has 0 saturated heterocycles. The van der Waals surface area contributed by atoms with Crippen LogP contribution in [0.4, 0.5) is 4.39 Å². The van der Waals surface area contributed by atoms with Gasteiger partial charge in [-0.15, -0.1) is 11.8 Å². The summed E-state index contributed by atoms with van der Waals surface area (Å²) in [5.74, 6) is -4.75. The molecule has 3 N–H and O–H groups in total. The summed E-state index contributed by atoms with van der Waals surface area (Å²) in [5.41, 5.74) is 0.109. The molecule has 2 aromatic rings. The van der Waals surface area contributed by atoms with Gasteiger partial charge in [0, 0.05) is 21.9 Å². The number of ether oxygens (including phenoxy) is 3. The van der Waals surface area contributed by atoms with E-state index in [9.17, 15) is 33.5 Å². The third-order valence-corrected chi connectivity index (χ3v) is 7.28. The number of aliphatic carboxylic acids is 1. The maximum absolute atomic E-state index is 14.1. The van der Waals surface area contributed by atoms with E-state index in [0.717, 1.165) is 11.8 Å². The van der Waals surface area contributed by atoms with E-state index < -0.39 is 53.0 Å². The van der Waals surface area contributed by atoms with E-state index in [1.165, 1.54) is 31.4 Å². The van der Waals surface area contributed by atoms with Crippen molar-refractivity contribution in [3.8, 4) is 11.5 Å². The number of carbonyl (C=O) groups excluding carboxylic acids is 4. The van der Waals surface area contributed by atoms with Crippen molar-refractivity contribution in [3.63, 3.8) is 0 Å². The van der Waals surface area contributed by atoms with Crippen LogP contribution in [0, 0.1) is 11.7 Å². The Balaban J connectivity index is 2.15. The topological polar surface area (TPSA) is 157 Å². The van der Waals surface area contributed by atoms with Crippen LogP contribution in [0.3, 0.4) is 0 Å². The zero-order valence-corrected chi connectivity index (χ0v) is 27.1. The molecule has 0 saturated carbocycles. The van der Waals surface area contributed by atoms with Crippen molar-refractivity contribution in [1.29, 1.82) is 0 Å². The normalized spacial score (nSPS) is 12.0. The molecule has 0 heterocycles. The Morgan fingerprint density at radius 2 is 1.80 bits per heavy atom. The zero-order valence-electron chi connectivity index (χ0n) is 25.5. The van der Waals surface area contributed by atoms with Crippen LogP contribution in [0.1, 0.15) is 38.8 Å². The second-order valence-electron chi connectivity index (χ2n) is 10.3. The summed E-state index contributed by atoms with van der Waals surface area (Å²) in [7, 11) is 1.22. The van der Waals surface area contributed by atoms with Crippen molar-refractivity contribution in [2.45, 2.75) is 52.0 Å². The first-order chi connectivity index (χ1) is 21.2. The summed E-state index contributed by atoms with van der Waals surface area (Å²) >= 11 is 7.01. The van der Waals surface area contributed by atoms with E-state index in [1.807, 2.05) is 13.8 Å². The van der Waals surface area contributed by atoms with E-state index in [-0.39, 0.29) is 47.0 Å². The van der Waals surface area contributed by atoms with Gasteiger partial charge in [-0.25, -0.2) is 14.0 Å². The largest absolute Gasteiger partial charge is 0.491 e. The number of Topliss-reactive ketones (excluding diaryl/α,β-unsaturated/α-hetero) is 1. The first-order valence-electron chi connectivity index (χ1n) is 13.8. The summed E-state index contributed by atoms with van der Waals surface area (Å²) < 4.78 is 29.9. The number of carboxylic acid groups (broad SMARTS) is 1. The minimum absolute atomic E-state index is 0.0354. The number of thioether (sulfide) groups is 1. The maximum Gasteiger partial charge on any atom is 0.343 e. The Morgan fingerprint density at radius 1 is 1.09 bits per heavy atom. The van der Waals surface area contributed by atoms with Crippen LogP contribution in [-0.2, 0) is 40.9 Å². The average molecular weight is 667 g/mol. The number of allylic oxidation sites excluding steroid dienone is 1. The molecule has 2 aromatic carbocycles. The molecular weight excluding hydrogens is 631 g/mol. The van der Waals surface area contributed by atoms with Crippen LogP contribution >= 0.6 is 23.4 Å². The van der Waals surface area contributed by atoms with Crippen molar-refractivity contribution in [3.05, 3.63) is 70.1 Å². The first kappa shape index (κ1) is 37.1. The quantitative estimate of drug-likeness (QED) is 0.166. The van der Waals surface area contributed by atoms with Gasteiger partial charge in [0.15, 0.2) is 12.4 Å². The predicted octanol–water partition coefficient (Wildman–Crippen LogP) is 4.09. The highest BCUT2D eigenvalue weighted by atomic mass is 35.5. The third-order valence-electron chi connectivity index (χ3n) is 5.96. The molecule has 0 fully saturated rings. The molecule has 2 rings (SSSR count). The first-order valence-corrected chi connectivity index (χ1v) is 15.3. The Hall–Kier alpha value is -4.10. The van der Waals surface area contributed by atoms with Crippen molar-refractivity contribution < 1.29 is 47.7 Å². The fraction of sp³-hybridized carbons (Fsp3) is 0.387. The summed E-state index contributed by atoms with van der Waals surface area (Å²) in [4.78, 5) is 62.1. The Kier molecular flexibility index (Phi) is 14.8. The van der Waals surface area contributed by atoms with Gasteiger partial charge in [0.25, 0.3) is 0 Å². The lowest BCUT2D eigenvalue weighted by molar-refractivity contribution is -0.143. The molecular formula is C31H36ClFN2O9S. The second kappa shape index (κ2) is 18.0. The van der Waals surface area contributed by atoms with E-state index in [1.54, 1.807) is 26.0 Å². The molecule has 45 heavy (non-hydrogen) atoms. The van der Waals surface area contributed by atoms with Gasteiger partial charge < -0.3 is 30.0 Å². The maximum atomic E-state index is 14.1. The van der Waals surface area contributed by atoms with Gasteiger partial charge in [0.05, 0.1) is 37.2 Å². The van der Waals surface area contributed by atoms with Crippen molar-refractivity contribution in [2.24, 2.45) is 5.92 Å². The molecule has 0 radical (unpaired) electrons. The minimum Gasteiger partial charge on any atom is -0.491 e. The van der Waals surface area contributed by atoms with Crippen LogP contribution in [0.5, 0.6) is 11.5 Å². The molecule has 0 aliphatic rings. The second-order valence-corrected chi connectivity index (χ2v) is 11.7. The number of hydrogen-bond acceptors (Lipinski definition) is 9. The van der Waals surface area contributed by atoms with Gasteiger partial charge in [-0.3, -0.25) is 14.4 Å². The molecule has 11 nitrogen and oxygen atoms in total. The van der Waals surface area contributed by atoms with Crippen LogP contribution in [-0.4, -0.2) is 66.3 Å². The van der Waals surface area contributed by atoms with E-state index in [0.29, 0.717) is 17.4 Å². The molecule has 0 aromatic heterocycles. The Morgan fingerprint density at radius 3 is 2.40 bits per heavy atom. The molecule has 14 heteroatoms. The molecule has 244 valence electrons. The van der Waals surface area contributed by atoms with E-state index >= 15 is 0 Å².